The van der Waals surface area contributed by atoms with Gasteiger partial charge in [-0.25, -0.2) is 0 Å². The molecule has 0 spiro atoms. The summed E-state index contributed by atoms with van der Waals surface area (Å²) in [5.74, 6) is -1.03. The Morgan fingerprint density at radius 3 is 2.52 bits per heavy atom. The van der Waals surface area contributed by atoms with Crippen LogP contribution >= 0.6 is 11.6 Å². The van der Waals surface area contributed by atoms with Gasteiger partial charge in [0.15, 0.2) is 0 Å². The summed E-state index contributed by atoms with van der Waals surface area (Å²) in [6, 6.07) is 11.9. The molecule has 5 nitrogen and oxygen atoms in total. The fourth-order valence-corrected chi connectivity index (χ4v) is 3.07. The second-order valence-electron chi connectivity index (χ2n) is 6.10. The molecule has 0 aromatic heterocycles. The van der Waals surface area contributed by atoms with Crippen molar-refractivity contribution >= 4 is 29.3 Å². The van der Waals surface area contributed by atoms with Crippen LogP contribution in [0.5, 0.6) is 0 Å². The number of hydrogen-bond donors (Lipinski definition) is 1. The van der Waals surface area contributed by atoms with Gasteiger partial charge in [0.05, 0.1) is 11.1 Å². The van der Waals surface area contributed by atoms with E-state index < -0.39 is 5.91 Å². The third-order valence-electron chi connectivity index (χ3n) is 4.21. The van der Waals surface area contributed by atoms with E-state index in [0.717, 1.165) is 10.5 Å². The molecular formula is C19H17ClN2O3. The first-order valence-corrected chi connectivity index (χ1v) is 8.27. The third kappa shape index (κ3) is 3.28. The molecule has 1 aliphatic rings. The van der Waals surface area contributed by atoms with Crippen molar-refractivity contribution in [1.82, 2.24) is 10.2 Å². The first-order valence-electron chi connectivity index (χ1n) is 7.89. The summed E-state index contributed by atoms with van der Waals surface area (Å²) in [6.07, 6.45) is 0.594. The van der Waals surface area contributed by atoms with Gasteiger partial charge in [-0.3, -0.25) is 19.3 Å². The van der Waals surface area contributed by atoms with Gasteiger partial charge in [0.2, 0.25) is 0 Å². The minimum absolute atomic E-state index is 0.138. The van der Waals surface area contributed by atoms with Crippen molar-refractivity contribution in [3.05, 3.63) is 69.7 Å². The maximum Gasteiger partial charge on any atom is 0.261 e. The number of carbonyl (C=O) groups is 3. The molecule has 0 unspecified atom stereocenters. The summed E-state index contributed by atoms with van der Waals surface area (Å²) in [6.45, 7) is 1.89. The highest BCUT2D eigenvalue weighted by molar-refractivity contribution is 6.31. The van der Waals surface area contributed by atoms with Gasteiger partial charge in [0.25, 0.3) is 17.7 Å². The van der Waals surface area contributed by atoms with Crippen LogP contribution in [0.3, 0.4) is 0 Å². The molecule has 0 fully saturated rings. The monoisotopic (exact) mass is 356 g/mol. The van der Waals surface area contributed by atoms with Crippen molar-refractivity contribution in [2.75, 3.05) is 7.05 Å². The van der Waals surface area contributed by atoms with E-state index in [1.807, 2.05) is 31.2 Å². The van der Waals surface area contributed by atoms with Crippen LogP contribution < -0.4 is 5.32 Å². The largest absolute Gasteiger partial charge is 0.349 e. The molecule has 2 aromatic rings. The minimum Gasteiger partial charge on any atom is -0.349 e. The Labute approximate surface area is 150 Å². The summed E-state index contributed by atoms with van der Waals surface area (Å²) in [5, 5.41) is 3.55. The summed E-state index contributed by atoms with van der Waals surface area (Å²) in [5.41, 5.74) is 1.89. The van der Waals surface area contributed by atoms with E-state index in [-0.39, 0.29) is 23.4 Å². The number of amides is 3. The van der Waals surface area contributed by atoms with Gasteiger partial charge in [0, 0.05) is 23.7 Å². The van der Waals surface area contributed by atoms with Gasteiger partial charge in [0.1, 0.15) is 0 Å². The van der Waals surface area contributed by atoms with Crippen LogP contribution in [0.2, 0.25) is 5.02 Å². The maximum atomic E-state index is 12.4. The average molecular weight is 357 g/mol. The van der Waals surface area contributed by atoms with Crippen LogP contribution in [0, 0.1) is 0 Å². The zero-order valence-corrected chi connectivity index (χ0v) is 14.6. The lowest BCUT2D eigenvalue weighted by Crippen LogP contribution is -2.34. The first-order chi connectivity index (χ1) is 11.9. The highest BCUT2D eigenvalue weighted by Crippen LogP contribution is 2.23. The van der Waals surface area contributed by atoms with Crippen LogP contribution in [0.15, 0.2) is 42.5 Å². The lowest BCUT2D eigenvalue weighted by atomic mass is 10.0. The van der Waals surface area contributed by atoms with Crippen molar-refractivity contribution in [2.24, 2.45) is 0 Å². The van der Waals surface area contributed by atoms with Crippen molar-refractivity contribution in [1.29, 1.82) is 0 Å². The van der Waals surface area contributed by atoms with E-state index in [0.29, 0.717) is 22.6 Å². The van der Waals surface area contributed by atoms with E-state index in [1.165, 1.54) is 19.2 Å². The van der Waals surface area contributed by atoms with Crippen LogP contribution in [-0.2, 0) is 6.42 Å². The second-order valence-corrected chi connectivity index (χ2v) is 6.51. The van der Waals surface area contributed by atoms with Gasteiger partial charge in [-0.05, 0) is 43.2 Å². The first kappa shape index (κ1) is 17.2. The SMILES string of the molecule is C[C@H](Cc1ccccc1Cl)NC(=O)c1ccc2c(c1)C(=O)N(C)C2=O. The smallest absolute Gasteiger partial charge is 0.261 e. The molecule has 128 valence electrons. The van der Waals surface area contributed by atoms with Gasteiger partial charge in [-0.1, -0.05) is 29.8 Å². The number of nitrogens with one attached hydrogen (secondary N) is 1. The normalized spacial score (nSPS) is 14.4. The summed E-state index contributed by atoms with van der Waals surface area (Å²) >= 11 is 6.14. The average Bonchev–Trinajstić information content (AvgIpc) is 2.81. The third-order valence-corrected chi connectivity index (χ3v) is 4.58. The van der Waals surface area contributed by atoms with E-state index in [9.17, 15) is 14.4 Å². The van der Waals surface area contributed by atoms with Crippen molar-refractivity contribution in [3.8, 4) is 0 Å². The number of halogens is 1. The zero-order chi connectivity index (χ0) is 18.1. The Morgan fingerprint density at radius 2 is 1.80 bits per heavy atom. The van der Waals surface area contributed by atoms with Crippen LogP contribution in [0.25, 0.3) is 0 Å². The van der Waals surface area contributed by atoms with Gasteiger partial charge >= 0.3 is 0 Å². The zero-order valence-electron chi connectivity index (χ0n) is 13.9. The minimum atomic E-state index is -0.390. The predicted octanol–water partition coefficient (Wildman–Crippen LogP) is 2.93. The molecule has 3 amide bonds. The maximum absolute atomic E-state index is 12.4. The Kier molecular flexibility index (Phi) is 4.59. The van der Waals surface area contributed by atoms with Crippen molar-refractivity contribution in [3.63, 3.8) is 0 Å². The number of carbonyl (C=O) groups excluding carboxylic acids is 3. The summed E-state index contributed by atoms with van der Waals surface area (Å²) in [4.78, 5) is 37.4. The van der Waals surface area contributed by atoms with Crippen LogP contribution in [0.4, 0.5) is 0 Å². The van der Waals surface area contributed by atoms with Crippen molar-refractivity contribution < 1.29 is 14.4 Å². The fourth-order valence-electron chi connectivity index (χ4n) is 2.85. The molecule has 0 saturated heterocycles. The molecule has 0 radical (unpaired) electrons. The topological polar surface area (TPSA) is 66.5 Å². The molecule has 3 rings (SSSR count). The number of nitrogens with zero attached hydrogens (tertiary/aromatic N) is 1. The number of rotatable bonds is 4. The highest BCUT2D eigenvalue weighted by atomic mass is 35.5. The Balaban J connectivity index is 1.73. The molecule has 1 atom stereocenters. The number of imide groups is 1. The van der Waals surface area contributed by atoms with Gasteiger partial charge < -0.3 is 5.32 Å². The molecule has 1 heterocycles. The van der Waals surface area contributed by atoms with E-state index in [4.69, 9.17) is 11.6 Å². The molecule has 1 aliphatic heterocycles. The summed E-state index contributed by atoms with van der Waals surface area (Å²) in [7, 11) is 1.43. The highest BCUT2D eigenvalue weighted by Gasteiger charge is 2.33. The standard InChI is InChI=1S/C19H17ClN2O3/c1-11(9-12-5-3-4-6-16(12)20)21-17(23)13-7-8-14-15(10-13)19(25)22(2)18(14)24/h3-8,10-11H,9H2,1-2H3,(H,21,23)/t11-/m1/s1. The van der Waals surface area contributed by atoms with Crippen LogP contribution in [-0.4, -0.2) is 35.7 Å². The molecular weight excluding hydrogens is 340 g/mol. The molecule has 1 N–H and O–H groups in total. The molecule has 0 saturated carbocycles. The van der Waals surface area contributed by atoms with E-state index in [2.05, 4.69) is 5.32 Å². The lowest BCUT2D eigenvalue weighted by Gasteiger charge is -2.15. The number of fused-ring (bicyclic) bond motifs is 1. The van der Waals surface area contributed by atoms with Crippen LogP contribution in [0.1, 0.15) is 43.6 Å². The van der Waals surface area contributed by atoms with Gasteiger partial charge in [-0.15, -0.1) is 0 Å². The summed E-state index contributed by atoms with van der Waals surface area (Å²) < 4.78 is 0. The Morgan fingerprint density at radius 1 is 1.12 bits per heavy atom. The fraction of sp³-hybridized carbons (Fsp3) is 0.211. The predicted molar refractivity (Wildman–Crippen MR) is 95.0 cm³/mol. The van der Waals surface area contributed by atoms with E-state index in [1.54, 1.807) is 6.07 Å². The number of benzene rings is 2. The van der Waals surface area contributed by atoms with Crippen molar-refractivity contribution in [2.45, 2.75) is 19.4 Å². The molecule has 0 bridgehead atoms. The second kappa shape index (κ2) is 6.69. The molecule has 6 heteroatoms. The van der Waals surface area contributed by atoms with E-state index >= 15 is 0 Å². The van der Waals surface area contributed by atoms with Gasteiger partial charge in [-0.2, -0.15) is 0 Å². The number of hydrogen-bond acceptors (Lipinski definition) is 3. The lowest BCUT2D eigenvalue weighted by molar-refractivity contribution is 0.0693. The Hall–Kier alpha value is -2.66. The molecule has 2 aromatic carbocycles. The molecule has 0 aliphatic carbocycles. The quantitative estimate of drug-likeness (QED) is 0.856. The molecule has 25 heavy (non-hydrogen) atoms. The Bertz CT molecular complexity index is 879.